The fourth-order valence-corrected chi connectivity index (χ4v) is 2.29. The normalized spacial score (nSPS) is 11.5. The topological polar surface area (TPSA) is 66.5 Å². The molecule has 0 bridgehead atoms. The molecule has 0 radical (unpaired) electrons. The maximum absolute atomic E-state index is 11.5. The van der Waals surface area contributed by atoms with Gasteiger partial charge >= 0.3 is 0 Å². The molecular weight excluding hydrogens is 264 g/mol. The molecule has 0 unspecified atom stereocenters. The summed E-state index contributed by atoms with van der Waals surface area (Å²) < 4.78 is 24.1. The molecule has 0 saturated heterocycles. The zero-order valence-corrected chi connectivity index (χ0v) is 12.1. The SMILES string of the molecule is CN(C)S(=O)(=O)CCC(=O)NCCc1ccccc1. The summed E-state index contributed by atoms with van der Waals surface area (Å²) in [5.41, 5.74) is 1.14. The van der Waals surface area contributed by atoms with Crippen molar-refractivity contribution in [3.63, 3.8) is 0 Å². The summed E-state index contributed by atoms with van der Waals surface area (Å²) in [5, 5.41) is 2.72. The molecule has 6 heteroatoms. The van der Waals surface area contributed by atoms with Gasteiger partial charge in [-0.2, -0.15) is 0 Å². The van der Waals surface area contributed by atoms with E-state index in [4.69, 9.17) is 0 Å². The molecule has 0 atom stereocenters. The van der Waals surface area contributed by atoms with E-state index in [9.17, 15) is 13.2 Å². The van der Waals surface area contributed by atoms with Crippen LogP contribution in [0.4, 0.5) is 0 Å². The lowest BCUT2D eigenvalue weighted by Gasteiger charge is -2.11. The Labute approximate surface area is 114 Å². The Hall–Kier alpha value is -1.40. The van der Waals surface area contributed by atoms with Gasteiger partial charge in [0.05, 0.1) is 5.75 Å². The Kier molecular flexibility index (Phi) is 5.98. The summed E-state index contributed by atoms with van der Waals surface area (Å²) in [6.07, 6.45) is 0.738. The standard InChI is InChI=1S/C13H20N2O3S/c1-15(2)19(17,18)11-9-13(16)14-10-8-12-6-4-3-5-7-12/h3-7H,8-11H2,1-2H3,(H,14,16). The molecule has 0 aliphatic heterocycles. The highest BCUT2D eigenvalue weighted by molar-refractivity contribution is 7.89. The van der Waals surface area contributed by atoms with Gasteiger partial charge in [-0.3, -0.25) is 4.79 Å². The quantitative estimate of drug-likeness (QED) is 0.798. The summed E-state index contributed by atoms with van der Waals surface area (Å²) in [7, 11) is -0.376. The molecule has 5 nitrogen and oxygen atoms in total. The maximum Gasteiger partial charge on any atom is 0.221 e. The largest absolute Gasteiger partial charge is 0.356 e. The predicted octanol–water partition coefficient (Wildman–Crippen LogP) is 0.627. The van der Waals surface area contributed by atoms with Crippen LogP contribution in [-0.4, -0.2) is 45.0 Å². The molecule has 1 aromatic rings. The highest BCUT2D eigenvalue weighted by Crippen LogP contribution is 1.99. The van der Waals surface area contributed by atoms with Gasteiger partial charge in [-0.05, 0) is 12.0 Å². The Bertz CT molecular complexity index is 498. The summed E-state index contributed by atoms with van der Waals surface area (Å²) in [6.45, 7) is 0.519. The Morgan fingerprint density at radius 2 is 1.84 bits per heavy atom. The van der Waals surface area contributed by atoms with Crippen molar-refractivity contribution in [2.24, 2.45) is 0 Å². The number of carbonyl (C=O) groups excluding carboxylic acids is 1. The van der Waals surface area contributed by atoms with Gasteiger partial charge in [0.25, 0.3) is 0 Å². The summed E-state index contributed by atoms with van der Waals surface area (Å²) >= 11 is 0. The van der Waals surface area contributed by atoms with Gasteiger partial charge in [-0.1, -0.05) is 30.3 Å². The van der Waals surface area contributed by atoms with Crippen LogP contribution >= 0.6 is 0 Å². The van der Waals surface area contributed by atoms with Crippen LogP contribution in [0.25, 0.3) is 0 Å². The molecule has 0 aromatic heterocycles. The molecule has 1 rings (SSSR count). The first-order valence-corrected chi connectivity index (χ1v) is 7.73. The molecule has 0 saturated carbocycles. The smallest absolute Gasteiger partial charge is 0.221 e. The van der Waals surface area contributed by atoms with Crippen LogP contribution in [0.3, 0.4) is 0 Å². The van der Waals surface area contributed by atoms with E-state index in [1.54, 1.807) is 0 Å². The number of nitrogens with one attached hydrogen (secondary N) is 1. The second-order valence-corrected chi connectivity index (χ2v) is 6.74. The highest BCUT2D eigenvalue weighted by atomic mass is 32.2. The number of benzene rings is 1. The van der Waals surface area contributed by atoms with E-state index < -0.39 is 10.0 Å². The molecule has 19 heavy (non-hydrogen) atoms. The molecule has 0 fully saturated rings. The molecule has 1 amide bonds. The monoisotopic (exact) mass is 284 g/mol. The van der Waals surface area contributed by atoms with Crippen molar-refractivity contribution in [3.05, 3.63) is 35.9 Å². The fraction of sp³-hybridized carbons (Fsp3) is 0.462. The zero-order chi connectivity index (χ0) is 14.3. The van der Waals surface area contributed by atoms with Crippen molar-refractivity contribution in [2.75, 3.05) is 26.4 Å². The first kappa shape index (κ1) is 15.7. The lowest BCUT2D eigenvalue weighted by Crippen LogP contribution is -2.31. The van der Waals surface area contributed by atoms with Crippen molar-refractivity contribution < 1.29 is 13.2 Å². The van der Waals surface area contributed by atoms with Crippen LogP contribution in [-0.2, 0) is 21.2 Å². The van der Waals surface area contributed by atoms with Gasteiger partial charge in [0.1, 0.15) is 0 Å². The van der Waals surface area contributed by atoms with E-state index in [0.717, 1.165) is 16.3 Å². The number of carbonyl (C=O) groups is 1. The van der Waals surface area contributed by atoms with Gasteiger partial charge in [-0.25, -0.2) is 12.7 Å². The summed E-state index contributed by atoms with van der Waals surface area (Å²) in [5.74, 6) is -0.390. The van der Waals surface area contributed by atoms with Crippen LogP contribution < -0.4 is 5.32 Å². The number of sulfonamides is 1. The number of rotatable bonds is 7. The van der Waals surface area contributed by atoms with Gasteiger partial charge in [0.15, 0.2) is 0 Å². The second-order valence-electron chi connectivity index (χ2n) is 4.43. The molecule has 1 aromatic carbocycles. The van der Waals surface area contributed by atoms with E-state index in [1.807, 2.05) is 30.3 Å². The van der Waals surface area contributed by atoms with Crippen molar-refractivity contribution in [2.45, 2.75) is 12.8 Å². The van der Waals surface area contributed by atoms with Crippen molar-refractivity contribution >= 4 is 15.9 Å². The third-order valence-corrected chi connectivity index (χ3v) is 4.55. The molecule has 1 N–H and O–H groups in total. The molecule has 0 aliphatic rings. The number of amides is 1. The minimum absolute atomic E-state index is 0.00466. The molecule has 0 heterocycles. The first-order chi connectivity index (χ1) is 8.92. The average molecular weight is 284 g/mol. The van der Waals surface area contributed by atoms with Crippen molar-refractivity contribution in [3.8, 4) is 0 Å². The van der Waals surface area contributed by atoms with E-state index in [1.165, 1.54) is 14.1 Å². The van der Waals surface area contributed by atoms with Crippen LogP contribution in [0, 0.1) is 0 Å². The van der Waals surface area contributed by atoms with E-state index in [0.29, 0.717) is 6.54 Å². The zero-order valence-electron chi connectivity index (χ0n) is 11.3. The van der Waals surface area contributed by atoms with Crippen molar-refractivity contribution in [1.29, 1.82) is 0 Å². The lowest BCUT2D eigenvalue weighted by molar-refractivity contribution is -0.120. The van der Waals surface area contributed by atoms with Gasteiger partial charge in [0, 0.05) is 27.1 Å². The minimum Gasteiger partial charge on any atom is -0.356 e. The van der Waals surface area contributed by atoms with Crippen LogP contribution in [0.5, 0.6) is 0 Å². The van der Waals surface area contributed by atoms with Crippen molar-refractivity contribution in [1.82, 2.24) is 9.62 Å². The average Bonchev–Trinajstić information content (AvgIpc) is 2.37. The van der Waals surface area contributed by atoms with Crippen LogP contribution in [0.15, 0.2) is 30.3 Å². The molecular formula is C13H20N2O3S. The predicted molar refractivity (Wildman–Crippen MR) is 75.2 cm³/mol. The van der Waals surface area contributed by atoms with Gasteiger partial charge in [-0.15, -0.1) is 0 Å². The highest BCUT2D eigenvalue weighted by Gasteiger charge is 2.15. The lowest BCUT2D eigenvalue weighted by atomic mass is 10.1. The second kappa shape index (κ2) is 7.25. The van der Waals surface area contributed by atoms with Gasteiger partial charge < -0.3 is 5.32 Å². The molecule has 106 valence electrons. The van der Waals surface area contributed by atoms with Gasteiger partial charge in [0.2, 0.25) is 15.9 Å². The maximum atomic E-state index is 11.5. The van der Waals surface area contributed by atoms with E-state index >= 15 is 0 Å². The molecule has 0 aliphatic carbocycles. The number of hydrogen-bond acceptors (Lipinski definition) is 3. The number of hydrogen-bond donors (Lipinski definition) is 1. The minimum atomic E-state index is -3.30. The Balaban J connectivity index is 2.26. The fourth-order valence-electron chi connectivity index (χ4n) is 1.48. The molecule has 0 spiro atoms. The Morgan fingerprint density at radius 3 is 2.42 bits per heavy atom. The van der Waals surface area contributed by atoms with E-state index in [2.05, 4.69) is 5.32 Å². The van der Waals surface area contributed by atoms with Crippen LogP contribution in [0.2, 0.25) is 0 Å². The van der Waals surface area contributed by atoms with E-state index in [-0.39, 0.29) is 18.1 Å². The summed E-state index contributed by atoms with van der Waals surface area (Å²) in [4.78, 5) is 11.5. The third-order valence-electron chi connectivity index (χ3n) is 2.72. The Morgan fingerprint density at radius 1 is 1.21 bits per heavy atom. The van der Waals surface area contributed by atoms with Crippen LogP contribution in [0.1, 0.15) is 12.0 Å². The first-order valence-electron chi connectivity index (χ1n) is 6.12. The summed E-state index contributed by atoms with van der Waals surface area (Å²) in [6, 6.07) is 9.81. The number of nitrogens with zero attached hydrogens (tertiary/aromatic N) is 1. The third kappa shape index (κ3) is 5.85.